The second-order valence-electron chi connectivity index (χ2n) is 5.06. The number of rotatable bonds is 2. The fourth-order valence-electron chi connectivity index (χ4n) is 2.65. The Morgan fingerprint density at radius 2 is 2.00 bits per heavy atom. The van der Waals surface area contributed by atoms with Crippen LogP contribution in [0.15, 0.2) is 30.6 Å². The first-order valence-corrected chi connectivity index (χ1v) is 7.57. The number of hydrogen-bond donors (Lipinski definition) is 1. The van der Waals surface area contributed by atoms with Crippen LogP contribution < -0.4 is 0 Å². The number of likely N-dealkylation sites (N-methyl/N-ethyl adjacent to an activating group) is 1. The van der Waals surface area contributed by atoms with Crippen molar-refractivity contribution in [1.82, 2.24) is 14.5 Å². The number of hydrogen-bond acceptors (Lipinski definition) is 3. The predicted octanol–water partition coefficient (Wildman–Crippen LogP) is 3.43. The van der Waals surface area contributed by atoms with E-state index in [-0.39, 0.29) is 6.47 Å². The van der Waals surface area contributed by atoms with E-state index in [4.69, 9.17) is 33.1 Å². The third-order valence-corrected chi connectivity index (χ3v) is 4.24. The van der Waals surface area contributed by atoms with E-state index < -0.39 is 0 Å². The summed E-state index contributed by atoms with van der Waals surface area (Å²) in [7, 11) is 2.14. The lowest BCUT2D eigenvalue weighted by Crippen LogP contribution is -2.16. The molecular formula is C15H17Cl2N3O2. The fourth-order valence-corrected chi connectivity index (χ4v) is 3.22. The molecule has 1 aliphatic heterocycles. The molecule has 1 aromatic carbocycles. The van der Waals surface area contributed by atoms with Gasteiger partial charge in [-0.3, -0.25) is 4.79 Å². The van der Waals surface area contributed by atoms with Gasteiger partial charge in [0, 0.05) is 25.0 Å². The van der Waals surface area contributed by atoms with Gasteiger partial charge in [-0.15, -0.1) is 0 Å². The van der Waals surface area contributed by atoms with Crippen molar-refractivity contribution in [2.75, 3.05) is 20.1 Å². The van der Waals surface area contributed by atoms with Gasteiger partial charge >= 0.3 is 0 Å². The Balaban J connectivity index is 0.000000545. The van der Waals surface area contributed by atoms with Crippen LogP contribution in [0.25, 0.3) is 11.4 Å². The molecule has 5 nitrogen and oxygen atoms in total. The van der Waals surface area contributed by atoms with Gasteiger partial charge in [0.2, 0.25) is 0 Å². The van der Waals surface area contributed by atoms with Crippen molar-refractivity contribution in [3.05, 3.63) is 40.6 Å². The Hall–Kier alpha value is -1.56. The topological polar surface area (TPSA) is 58.4 Å². The van der Waals surface area contributed by atoms with Crippen LogP contribution in [0, 0.1) is 0 Å². The molecule has 3 rings (SSSR count). The highest BCUT2D eigenvalue weighted by molar-refractivity contribution is 6.39. The Morgan fingerprint density at radius 3 is 2.55 bits per heavy atom. The zero-order chi connectivity index (χ0) is 16.1. The number of aromatic nitrogens is 2. The summed E-state index contributed by atoms with van der Waals surface area (Å²) in [4.78, 5) is 15.1. The van der Waals surface area contributed by atoms with E-state index >= 15 is 0 Å². The molecule has 118 valence electrons. The molecule has 0 bridgehead atoms. The molecule has 0 radical (unpaired) electrons. The third kappa shape index (κ3) is 3.61. The summed E-state index contributed by atoms with van der Waals surface area (Å²) < 4.78 is 2.19. The summed E-state index contributed by atoms with van der Waals surface area (Å²) in [5.74, 6) is 0.857. The molecule has 1 saturated heterocycles. The maximum absolute atomic E-state index is 8.36. The van der Waals surface area contributed by atoms with E-state index in [2.05, 4.69) is 21.5 Å². The lowest BCUT2D eigenvalue weighted by Gasteiger charge is -2.16. The second-order valence-corrected chi connectivity index (χ2v) is 5.88. The van der Waals surface area contributed by atoms with E-state index in [1.165, 1.54) is 0 Å². The highest BCUT2D eigenvalue weighted by Crippen LogP contribution is 2.35. The highest BCUT2D eigenvalue weighted by Gasteiger charge is 2.24. The molecule has 1 unspecified atom stereocenters. The minimum atomic E-state index is -0.250. The summed E-state index contributed by atoms with van der Waals surface area (Å²) in [6, 6.07) is 5.99. The Labute approximate surface area is 139 Å². The van der Waals surface area contributed by atoms with E-state index in [1.807, 2.05) is 30.6 Å². The molecule has 1 aromatic heterocycles. The van der Waals surface area contributed by atoms with E-state index in [9.17, 15) is 0 Å². The van der Waals surface area contributed by atoms with Gasteiger partial charge in [0.25, 0.3) is 6.47 Å². The number of likely N-dealkylation sites (tertiary alicyclic amines) is 1. The summed E-state index contributed by atoms with van der Waals surface area (Å²) in [5, 5.41) is 8.18. The molecule has 1 fully saturated rings. The largest absolute Gasteiger partial charge is 0.483 e. The van der Waals surface area contributed by atoms with Crippen LogP contribution in [-0.2, 0) is 4.79 Å². The first kappa shape index (κ1) is 16.8. The first-order chi connectivity index (χ1) is 10.6. The molecule has 1 atom stereocenters. The molecule has 2 heterocycles. The number of halogens is 2. The number of nitrogens with zero attached hydrogens (tertiary/aromatic N) is 3. The highest BCUT2D eigenvalue weighted by atomic mass is 35.5. The minimum absolute atomic E-state index is 0.250. The van der Waals surface area contributed by atoms with Crippen molar-refractivity contribution in [2.45, 2.75) is 12.5 Å². The van der Waals surface area contributed by atoms with Crippen LogP contribution >= 0.6 is 23.2 Å². The van der Waals surface area contributed by atoms with Crippen LogP contribution in [0.2, 0.25) is 10.0 Å². The molecule has 0 aliphatic carbocycles. The first-order valence-electron chi connectivity index (χ1n) is 6.82. The molecule has 7 heteroatoms. The summed E-state index contributed by atoms with van der Waals surface area (Å²) in [5.41, 5.74) is 0.824. The normalized spacial score (nSPS) is 17.9. The molecule has 2 aromatic rings. The van der Waals surface area contributed by atoms with Crippen molar-refractivity contribution < 1.29 is 9.90 Å². The zero-order valence-electron chi connectivity index (χ0n) is 12.1. The molecular weight excluding hydrogens is 325 g/mol. The summed E-state index contributed by atoms with van der Waals surface area (Å²) in [6.07, 6.45) is 4.95. The monoisotopic (exact) mass is 341 g/mol. The van der Waals surface area contributed by atoms with Crippen molar-refractivity contribution in [3.8, 4) is 11.4 Å². The summed E-state index contributed by atoms with van der Waals surface area (Å²) in [6.45, 7) is 1.89. The SMILES string of the molecule is CN1CCC(n2ccnc2-c2c(Cl)cccc2Cl)C1.O=CO. The maximum Gasteiger partial charge on any atom is 0.290 e. The molecule has 1 N–H and O–H groups in total. The Morgan fingerprint density at radius 1 is 1.36 bits per heavy atom. The van der Waals surface area contributed by atoms with Gasteiger partial charge in [0.15, 0.2) is 0 Å². The van der Waals surface area contributed by atoms with Crippen LogP contribution in [-0.4, -0.2) is 46.2 Å². The van der Waals surface area contributed by atoms with Gasteiger partial charge in [0.05, 0.1) is 15.6 Å². The summed E-state index contributed by atoms with van der Waals surface area (Å²) >= 11 is 12.6. The molecule has 0 amide bonds. The quantitative estimate of drug-likeness (QED) is 0.850. The van der Waals surface area contributed by atoms with Crippen molar-refractivity contribution in [1.29, 1.82) is 0 Å². The molecule has 0 spiro atoms. The smallest absolute Gasteiger partial charge is 0.290 e. The van der Waals surface area contributed by atoms with Crippen LogP contribution in [0.1, 0.15) is 12.5 Å². The number of imidazole rings is 1. The predicted molar refractivity (Wildman–Crippen MR) is 87.5 cm³/mol. The second kappa shape index (κ2) is 7.63. The standard InChI is InChI=1S/C14H15Cl2N3.CH2O2/c1-18-7-5-10(9-18)19-8-6-17-14(19)13-11(15)3-2-4-12(13)16;2-1-3/h2-4,6,8,10H,5,7,9H2,1H3;1H,(H,2,3). The van der Waals surface area contributed by atoms with Gasteiger partial charge in [-0.1, -0.05) is 29.3 Å². The van der Waals surface area contributed by atoms with Crippen molar-refractivity contribution in [2.24, 2.45) is 0 Å². The Kier molecular flexibility index (Phi) is 5.83. The van der Waals surface area contributed by atoms with E-state index in [0.29, 0.717) is 16.1 Å². The van der Waals surface area contributed by atoms with Crippen molar-refractivity contribution in [3.63, 3.8) is 0 Å². The average molecular weight is 342 g/mol. The van der Waals surface area contributed by atoms with Gasteiger partial charge < -0.3 is 14.6 Å². The van der Waals surface area contributed by atoms with E-state index in [1.54, 1.807) is 0 Å². The van der Waals surface area contributed by atoms with Gasteiger partial charge in [-0.05, 0) is 32.1 Å². The lowest BCUT2D eigenvalue weighted by molar-refractivity contribution is -0.122. The average Bonchev–Trinajstić information content (AvgIpc) is 3.08. The zero-order valence-corrected chi connectivity index (χ0v) is 13.6. The van der Waals surface area contributed by atoms with Gasteiger partial charge in [-0.25, -0.2) is 4.98 Å². The van der Waals surface area contributed by atoms with Crippen LogP contribution in [0.3, 0.4) is 0 Å². The van der Waals surface area contributed by atoms with Gasteiger partial charge in [0.1, 0.15) is 5.82 Å². The number of carboxylic acid groups (broad SMARTS) is 1. The van der Waals surface area contributed by atoms with Crippen molar-refractivity contribution >= 4 is 29.7 Å². The van der Waals surface area contributed by atoms with E-state index in [0.717, 1.165) is 30.9 Å². The van der Waals surface area contributed by atoms with Gasteiger partial charge in [-0.2, -0.15) is 0 Å². The molecule has 1 aliphatic rings. The van der Waals surface area contributed by atoms with Crippen LogP contribution in [0.5, 0.6) is 0 Å². The number of benzene rings is 1. The lowest BCUT2D eigenvalue weighted by atomic mass is 10.2. The molecule has 22 heavy (non-hydrogen) atoms. The molecule has 0 saturated carbocycles. The maximum atomic E-state index is 8.36. The Bertz CT molecular complexity index is 625. The van der Waals surface area contributed by atoms with Crippen LogP contribution in [0.4, 0.5) is 0 Å². The number of carbonyl (C=O) groups is 1. The third-order valence-electron chi connectivity index (χ3n) is 3.61. The fraction of sp³-hybridized carbons (Fsp3) is 0.333. The minimum Gasteiger partial charge on any atom is -0.483 e.